The van der Waals surface area contributed by atoms with Crippen LogP contribution in [0.2, 0.25) is 0 Å². The van der Waals surface area contributed by atoms with E-state index >= 15 is 0 Å². The summed E-state index contributed by atoms with van der Waals surface area (Å²) in [5.74, 6) is -0.575. The first-order valence-electron chi connectivity index (χ1n) is 11.3. The molecule has 0 radical (unpaired) electrons. The van der Waals surface area contributed by atoms with Gasteiger partial charge in [0.15, 0.2) is 0 Å². The lowest BCUT2D eigenvalue weighted by Gasteiger charge is -2.32. The van der Waals surface area contributed by atoms with E-state index in [1.165, 1.54) is 0 Å². The maximum atomic E-state index is 12.8. The smallest absolute Gasteiger partial charge is 0.357 e. The fourth-order valence-corrected chi connectivity index (χ4v) is 3.76. The molecule has 2 aliphatic rings. The largest absolute Gasteiger partial charge is 0.379 e. The van der Waals surface area contributed by atoms with E-state index in [0.717, 1.165) is 65.7 Å². The summed E-state index contributed by atoms with van der Waals surface area (Å²) >= 11 is 0. The predicted octanol–water partition coefficient (Wildman–Crippen LogP) is 0.815. The molecule has 0 N–H and O–H groups in total. The van der Waals surface area contributed by atoms with Crippen LogP contribution in [0.3, 0.4) is 0 Å². The highest BCUT2D eigenvalue weighted by Crippen LogP contribution is 2.12. The van der Waals surface area contributed by atoms with Crippen LogP contribution in [0.4, 0.5) is 0 Å². The van der Waals surface area contributed by atoms with E-state index in [-0.39, 0.29) is 11.9 Å². The van der Waals surface area contributed by atoms with Crippen LogP contribution in [0.5, 0.6) is 0 Å². The van der Waals surface area contributed by atoms with Gasteiger partial charge >= 0.3 is 5.97 Å². The van der Waals surface area contributed by atoms with Crippen LogP contribution in [-0.2, 0) is 14.3 Å². The molecule has 9 nitrogen and oxygen atoms in total. The average Bonchev–Trinajstić information content (AvgIpc) is 2.83. The zero-order valence-electron chi connectivity index (χ0n) is 19.5. The molecule has 0 saturated carbocycles. The van der Waals surface area contributed by atoms with Gasteiger partial charge in [-0.2, -0.15) is 0 Å². The SMILES string of the molecule is CC(CN1CCOCC1)N(C)OC(=O)c1cccc(C(=O)N(C)CCN2CCOCC2)c1. The third-order valence-electron chi connectivity index (χ3n) is 6.02. The molecule has 2 fully saturated rings. The quantitative estimate of drug-likeness (QED) is 0.514. The summed E-state index contributed by atoms with van der Waals surface area (Å²) in [6.07, 6.45) is 0. The Morgan fingerprint density at radius 1 is 1.00 bits per heavy atom. The Bertz CT molecular complexity index is 750. The molecular formula is C23H36N4O5. The van der Waals surface area contributed by atoms with E-state index < -0.39 is 5.97 Å². The molecule has 2 saturated heterocycles. The highest BCUT2D eigenvalue weighted by atomic mass is 16.7. The summed E-state index contributed by atoms with van der Waals surface area (Å²) in [7, 11) is 3.55. The van der Waals surface area contributed by atoms with E-state index in [0.29, 0.717) is 17.7 Å². The number of nitrogens with zero attached hydrogens (tertiary/aromatic N) is 4. The molecule has 1 aromatic rings. The number of likely N-dealkylation sites (N-methyl/N-ethyl adjacent to an activating group) is 2. The van der Waals surface area contributed by atoms with E-state index in [4.69, 9.17) is 14.3 Å². The van der Waals surface area contributed by atoms with Crippen LogP contribution < -0.4 is 0 Å². The zero-order chi connectivity index (χ0) is 22.9. The Hall–Kier alpha value is -2.04. The summed E-state index contributed by atoms with van der Waals surface area (Å²) in [6.45, 7) is 10.7. The second kappa shape index (κ2) is 12.3. The van der Waals surface area contributed by atoms with Gasteiger partial charge in [0.25, 0.3) is 5.91 Å². The van der Waals surface area contributed by atoms with Gasteiger partial charge in [-0.1, -0.05) is 6.07 Å². The summed E-state index contributed by atoms with van der Waals surface area (Å²) < 4.78 is 10.7. The topological polar surface area (TPSA) is 74.8 Å². The van der Waals surface area contributed by atoms with Crippen molar-refractivity contribution in [1.29, 1.82) is 0 Å². The minimum atomic E-state index is -0.466. The van der Waals surface area contributed by atoms with E-state index in [1.54, 1.807) is 48.3 Å². The average molecular weight is 449 g/mol. The lowest BCUT2D eigenvalue weighted by molar-refractivity contribution is -0.122. The first kappa shape index (κ1) is 24.6. The zero-order valence-corrected chi connectivity index (χ0v) is 19.5. The summed E-state index contributed by atoms with van der Waals surface area (Å²) in [6, 6.07) is 6.77. The van der Waals surface area contributed by atoms with Crippen molar-refractivity contribution < 1.29 is 23.9 Å². The number of hydrogen-bond donors (Lipinski definition) is 0. The fraction of sp³-hybridized carbons (Fsp3) is 0.652. The molecule has 178 valence electrons. The molecule has 0 spiro atoms. The van der Waals surface area contributed by atoms with Gasteiger partial charge < -0.3 is 19.2 Å². The summed E-state index contributed by atoms with van der Waals surface area (Å²) in [4.78, 5) is 37.4. The number of carbonyl (C=O) groups excluding carboxylic acids is 2. The standard InChI is InChI=1S/C23H36N4O5/c1-19(18-27-11-15-31-16-12-27)25(3)32-23(29)21-6-4-5-20(17-21)22(28)24(2)7-8-26-9-13-30-14-10-26/h4-6,17,19H,7-16,18H2,1-3H3. The fourth-order valence-electron chi connectivity index (χ4n) is 3.76. The Labute approximate surface area is 190 Å². The second-order valence-electron chi connectivity index (χ2n) is 8.45. The highest BCUT2D eigenvalue weighted by Gasteiger charge is 2.21. The van der Waals surface area contributed by atoms with Crippen molar-refractivity contribution in [2.45, 2.75) is 13.0 Å². The number of benzene rings is 1. The molecule has 0 bridgehead atoms. The van der Waals surface area contributed by atoms with Gasteiger partial charge in [0, 0.05) is 65.5 Å². The number of rotatable bonds is 9. The molecule has 1 atom stereocenters. The van der Waals surface area contributed by atoms with Crippen LogP contribution in [-0.4, -0.2) is 124 Å². The molecule has 1 aromatic carbocycles. The van der Waals surface area contributed by atoms with Crippen LogP contribution in [0, 0.1) is 0 Å². The lowest BCUT2D eigenvalue weighted by atomic mass is 10.1. The van der Waals surface area contributed by atoms with Crippen molar-refractivity contribution >= 4 is 11.9 Å². The molecule has 32 heavy (non-hydrogen) atoms. The summed E-state index contributed by atoms with van der Waals surface area (Å²) in [5, 5.41) is 1.58. The van der Waals surface area contributed by atoms with Gasteiger partial charge in [0.2, 0.25) is 0 Å². The molecule has 2 aliphatic heterocycles. The predicted molar refractivity (Wildman–Crippen MR) is 121 cm³/mol. The first-order chi connectivity index (χ1) is 15.4. The molecule has 0 aliphatic carbocycles. The number of morpholine rings is 2. The molecule has 2 heterocycles. The maximum absolute atomic E-state index is 12.8. The maximum Gasteiger partial charge on any atom is 0.357 e. The summed E-state index contributed by atoms with van der Waals surface area (Å²) in [5.41, 5.74) is 0.843. The number of hydroxylamine groups is 2. The highest BCUT2D eigenvalue weighted by molar-refractivity contribution is 5.97. The van der Waals surface area contributed by atoms with Crippen molar-refractivity contribution in [3.05, 3.63) is 35.4 Å². The number of amides is 1. The Morgan fingerprint density at radius 3 is 2.25 bits per heavy atom. The first-order valence-corrected chi connectivity index (χ1v) is 11.3. The number of ether oxygens (including phenoxy) is 2. The van der Waals surface area contributed by atoms with Crippen LogP contribution in [0.15, 0.2) is 24.3 Å². The molecule has 0 aromatic heterocycles. The van der Waals surface area contributed by atoms with E-state index in [9.17, 15) is 9.59 Å². The molecule has 1 unspecified atom stereocenters. The Morgan fingerprint density at radius 2 is 1.59 bits per heavy atom. The normalized spacial score (nSPS) is 19.0. The Kier molecular flexibility index (Phi) is 9.43. The van der Waals surface area contributed by atoms with Crippen molar-refractivity contribution in [2.24, 2.45) is 0 Å². The van der Waals surface area contributed by atoms with Gasteiger partial charge in [0.05, 0.1) is 38.0 Å². The van der Waals surface area contributed by atoms with E-state index in [1.807, 2.05) is 6.92 Å². The van der Waals surface area contributed by atoms with Crippen molar-refractivity contribution in [3.8, 4) is 0 Å². The van der Waals surface area contributed by atoms with Gasteiger partial charge in [-0.05, 0) is 25.1 Å². The van der Waals surface area contributed by atoms with Gasteiger partial charge in [-0.3, -0.25) is 14.6 Å². The van der Waals surface area contributed by atoms with Crippen molar-refractivity contribution in [3.63, 3.8) is 0 Å². The van der Waals surface area contributed by atoms with Gasteiger partial charge in [0.1, 0.15) is 0 Å². The number of hydrogen-bond acceptors (Lipinski definition) is 8. The minimum absolute atomic E-state index is 0.0354. The van der Waals surface area contributed by atoms with Crippen molar-refractivity contribution in [2.75, 3.05) is 86.3 Å². The van der Waals surface area contributed by atoms with Crippen LogP contribution in [0.25, 0.3) is 0 Å². The van der Waals surface area contributed by atoms with Crippen LogP contribution >= 0.6 is 0 Å². The minimum Gasteiger partial charge on any atom is -0.379 e. The molecule has 9 heteroatoms. The van der Waals surface area contributed by atoms with Gasteiger partial charge in [-0.25, -0.2) is 4.79 Å². The molecule has 3 rings (SSSR count). The lowest BCUT2D eigenvalue weighted by Crippen LogP contribution is -2.45. The van der Waals surface area contributed by atoms with Crippen LogP contribution in [0.1, 0.15) is 27.6 Å². The second-order valence-corrected chi connectivity index (χ2v) is 8.45. The third kappa shape index (κ3) is 7.25. The van der Waals surface area contributed by atoms with E-state index in [2.05, 4.69) is 9.80 Å². The monoisotopic (exact) mass is 448 g/mol. The third-order valence-corrected chi connectivity index (χ3v) is 6.02. The Balaban J connectivity index is 1.50. The molecular weight excluding hydrogens is 412 g/mol. The molecule has 1 amide bonds. The van der Waals surface area contributed by atoms with Crippen molar-refractivity contribution in [1.82, 2.24) is 19.8 Å². The number of carbonyl (C=O) groups is 2. The van der Waals surface area contributed by atoms with Gasteiger partial charge in [-0.15, -0.1) is 5.06 Å².